The molecule has 2 N–H and O–H groups in total. The van der Waals surface area contributed by atoms with E-state index in [0.717, 1.165) is 5.69 Å². The molecule has 0 amide bonds. The Bertz CT molecular complexity index is 448. The molecular weight excluding hydrogens is 202 g/mol. The highest BCUT2D eigenvalue weighted by molar-refractivity contribution is 7.99. The fraction of sp³-hybridized carbons (Fsp3) is 0.0769. The van der Waals surface area contributed by atoms with Gasteiger partial charge in [-0.2, -0.15) is 0 Å². The van der Waals surface area contributed by atoms with Crippen LogP contribution in [0.5, 0.6) is 0 Å². The molecule has 0 atom stereocenters. The van der Waals surface area contributed by atoms with Gasteiger partial charge >= 0.3 is 0 Å². The van der Waals surface area contributed by atoms with E-state index < -0.39 is 0 Å². The van der Waals surface area contributed by atoms with Gasteiger partial charge < -0.3 is 5.73 Å². The van der Waals surface area contributed by atoms with E-state index in [1.54, 1.807) is 11.8 Å². The van der Waals surface area contributed by atoms with Crippen molar-refractivity contribution in [1.29, 1.82) is 0 Å². The quantitative estimate of drug-likeness (QED) is 0.772. The van der Waals surface area contributed by atoms with Crippen LogP contribution in [-0.4, -0.2) is 0 Å². The Hall–Kier alpha value is -1.41. The zero-order chi connectivity index (χ0) is 10.7. The van der Waals surface area contributed by atoms with Crippen LogP contribution in [0.2, 0.25) is 0 Å². The molecule has 0 unspecified atom stereocenters. The summed E-state index contributed by atoms with van der Waals surface area (Å²) in [4.78, 5) is 2.51. The van der Waals surface area contributed by atoms with Gasteiger partial charge in [-0.05, 0) is 42.8 Å². The van der Waals surface area contributed by atoms with Crippen molar-refractivity contribution in [3.8, 4) is 0 Å². The third-order valence-electron chi connectivity index (χ3n) is 2.20. The van der Waals surface area contributed by atoms with Crippen molar-refractivity contribution >= 4 is 17.4 Å². The summed E-state index contributed by atoms with van der Waals surface area (Å²) < 4.78 is 0. The third kappa shape index (κ3) is 2.54. The maximum atomic E-state index is 5.64. The minimum Gasteiger partial charge on any atom is -0.399 e. The molecular formula is C13H13NS. The number of hydrogen-bond acceptors (Lipinski definition) is 2. The van der Waals surface area contributed by atoms with E-state index in [1.807, 2.05) is 24.3 Å². The molecule has 0 aliphatic rings. The second-order valence-electron chi connectivity index (χ2n) is 3.44. The number of nitrogen functional groups attached to an aromatic ring is 1. The van der Waals surface area contributed by atoms with Crippen molar-refractivity contribution in [2.45, 2.75) is 16.7 Å². The number of nitrogens with two attached hydrogens (primary N) is 1. The lowest BCUT2D eigenvalue weighted by molar-refractivity contribution is 1.29. The first-order valence-corrected chi connectivity index (χ1v) is 5.66. The van der Waals surface area contributed by atoms with Gasteiger partial charge in [0.15, 0.2) is 0 Å². The van der Waals surface area contributed by atoms with Crippen molar-refractivity contribution < 1.29 is 0 Å². The van der Waals surface area contributed by atoms with Crippen molar-refractivity contribution in [2.24, 2.45) is 0 Å². The highest BCUT2D eigenvalue weighted by Crippen LogP contribution is 2.30. The number of benzene rings is 2. The molecule has 0 aliphatic carbocycles. The standard InChI is InChI=1S/C13H13NS/c1-10-4-2-3-5-13(10)15-12-8-6-11(14)7-9-12/h2-9H,14H2,1H3. The minimum absolute atomic E-state index is 0.809. The van der Waals surface area contributed by atoms with Crippen molar-refractivity contribution in [3.05, 3.63) is 54.1 Å². The molecule has 0 heterocycles. The highest BCUT2D eigenvalue weighted by Gasteiger charge is 1.99. The van der Waals surface area contributed by atoms with Gasteiger partial charge in [0.1, 0.15) is 0 Å². The molecule has 0 bridgehead atoms. The van der Waals surface area contributed by atoms with E-state index in [2.05, 4.69) is 31.2 Å². The molecule has 2 aromatic carbocycles. The normalized spacial score (nSPS) is 10.2. The van der Waals surface area contributed by atoms with Gasteiger partial charge in [-0.3, -0.25) is 0 Å². The zero-order valence-electron chi connectivity index (χ0n) is 8.60. The van der Waals surface area contributed by atoms with Gasteiger partial charge in [-0.25, -0.2) is 0 Å². The zero-order valence-corrected chi connectivity index (χ0v) is 9.42. The van der Waals surface area contributed by atoms with E-state index >= 15 is 0 Å². The van der Waals surface area contributed by atoms with Crippen LogP contribution in [0.4, 0.5) is 5.69 Å². The summed E-state index contributed by atoms with van der Waals surface area (Å²) in [6.07, 6.45) is 0. The minimum atomic E-state index is 0.809. The number of anilines is 1. The van der Waals surface area contributed by atoms with Gasteiger partial charge in [-0.1, -0.05) is 30.0 Å². The molecule has 0 aromatic heterocycles. The smallest absolute Gasteiger partial charge is 0.0314 e. The number of aryl methyl sites for hydroxylation is 1. The summed E-state index contributed by atoms with van der Waals surface area (Å²) in [5, 5.41) is 0. The molecule has 0 spiro atoms. The summed E-state index contributed by atoms with van der Waals surface area (Å²) >= 11 is 1.77. The molecule has 0 fully saturated rings. The Labute approximate surface area is 94.3 Å². The average Bonchev–Trinajstić information content (AvgIpc) is 2.25. The topological polar surface area (TPSA) is 26.0 Å². The molecule has 1 nitrogen and oxygen atoms in total. The van der Waals surface area contributed by atoms with Gasteiger partial charge in [0.25, 0.3) is 0 Å². The highest BCUT2D eigenvalue weighted by atomic mass is 32.2. The SMILES string of the molecule is Cc1ccccc1Sc1ccc(N)cc1. The maximum Gasteiger partial charge on any atom is 0.0314 e. The Morgan fingerprint density at radius 3 is 2.27 bits per heavy atom. The van der Waals surface area contributed by atoms with Gasteiger partial charge in [0.2, 0.25) is 0 Å². The number of hydrogen-bond donors (Lipinski definition) is 1. The first-order chi connectivity index (χ1) is 7.25. The monoisotopic (exact) mass is 215 g/mol. The van der Waals surface area contributed by atoms with Crippen LogP contribution in [0.3, 0.4) is 0 Å². The van der Waals surface area contributed by atoms with E-state index in [0.29, 0.717) is 0 Å². The summed E-state index contributed by atoms with van der Waals surface area (Å²) in [5.74, 6) is 0. The fourth-order valence-corrected chi connectivity index (χ4v) is 2.24. The third-order valence-corrected chi connectivity index (χ3v) is 3.39. The van der Waals surface area contributed by atoms with Gasteiger partial charge in [0.05, 0.1) is 0 Å². The fourth-order valence-electron chi connectivity index (χ4n) is 1.33. The molecule has 0 saturated heterocycles. The summed E-state index contributed by atoms with van der Waals surface area (Å²) in [6.45, 7) is 2.12. The Kier molecular flexibility index (Phi) is 2.97. The lowest BCUT2D eigenvalue weighted by atomic mass is 10.2. The lowest BCUT2D eigenvalue weighted by Gasteiger charge is -2.04. The van der Waals surface area contributed by atoms with Crippen LogP contribution in [0, 0.1) is 6.92 Å². The van der Waals surface area contributed by atoms with Crippen molar-refractivity contribution in [2.75, 3.05) is 5.73 Å². The van der Waals surface area contributed by atoms with Crippen LogP contribution in [0.15, 0.2) is 58.3 Å². The molecule has 2 heteroatoms. The van der Waals surface area contributed by atoms with Crippen molar-refractivity contribution in [1.82, 2.24) is 0 Å². The molecule has 0 saturated carbocycles. The average molecular weight is 215 g/mol. The van der Waals surface area contributed by atoms with E-state index in [4.69, 9.17) is 5.73 Å². The van der Waals surface area contributed by atoms with E-state index in [-0.39, 0.29) is 0 Å². The summed E-state index contributed by atoms with van der Waals surface area (Å²) in [6, 6.07) is 16.3. The van der Waals surface area contributed by atoms with Gasteiger partial charge in [0, 0.05) is 15.5 Å². The lowest BCUT2D eigenvalue weighted by Crippen LogP contribution is -1.83. The molecule has 0 aliphatic heterocycles. The summed E-state index contributed by atoms with van der Waals surface area (Å²) in [7, 11) is 0. The Balaban J connectivity index is 2.22. The van der Waals surface area contributed by atoms with E-state index in [1.165, 1.54) is 15.4 Å². The van der Waals surface area contributed by atoms with Crippen LogP contribution in [0.25, 0.3) is 0 Å². The molecule has 2 aromatic rings. The molecule has 0 radical (unpaired) electrons. The first kappa shape index (κ1) is 10.1. The van der Waals surface area contributed by atoms with Crippen LogP contribution in [0.1, 0.15) is 5.56 Å². The molecule has 76 valence electrons. The maximum absolute atomic E-state index is 5.64. The summed E-state index contributed by atoms with van der Waals surface area (Å²) in [5.41, 5.74) is 7.76. The molecule has 15 heavy (non-hydrogen) atoms. The van der Waals surface area contributed by atoms with Crippen LogP contribution in [-0.2, 0) is 0 Å². The van der Waals surface area contributed by atoms with Crippen molar-refractivity contribution in [3.63, 3.8) is 0 Å². The van der Waals surface area contributed by atoms with Crippen LogP contribution < -0.4 is 5.73 Å². The Morgan fingerprint density at radius 2 is 1.60 bits per heavy atom. The largest absolute Gasteiger partial charge is 0.399 e. The second kappa shape index (κ2) is 4.41. The van der Waals surface area contributed by atoms with Gasteiger partial charge in [-0.15, -0.1) is 0 Å². The predicted molar refractivity (Wildman–Crippen MR) is 66.2 cm³/mol. The predicted octanol–water partition coefficient (Wildman–Crippen LogP) is 3.73. The molecule has 2 rings (SSSR count). The van der Waals surface area contributed by atoms with Crippen LogP contribution >= 0.6 is 11.8 Å². The second-order valence-corrected chi connectivity index (χ2v) is 4.55. The van der Waals surface area contributed by atoms with E-state index in [9.17, 15) is 0 Å². The number of rotatable bonds is 2. The first-order valence-electron chi connectivity index (χ1n) is 4.85. The Morgan fingerprint density at radius 1 is 0.933 bits per heavy atom.